The number of tetrazole rings is 1. The Bertz CT molecular complexity index is 1120. The highest BCUT2D eigenvalue weighted by Crippen LogP contribution is 2.38. The van der Waals surface area contributed by atoms with E-state index in [1.165, 1.54) is 12.5 Å². The zero-order valence-corrected chi connectivity index (χ0v) is 20.8. The Morgan fingerprint density at radius 1 is 1.00 bits per heavy atom. The van der Waals surface area contributed by atoms with Gasteiger partial charge in [-0.05, 0) is 84.0 Å². The van der Waals surface area contributed by atoms with Crippen molar-refractivity contribution in [2.45, 2.75) is 63.6 Å². The molecule has 1 N–H and O–H groups in total. The molecule has 0 radical (unpaired) electrons. The standard InChI is InChI=1S/C25H28BrF2N5O2/c26-18-9-11-19(12-10-18)29-23(24-30-31-32-33(24)20-4-2-1-3-5-20)17-8-13-21(35-25(27)28)22(14-17)34-15-16-6-7-16/h8-14,16,20,23,25,29H,1-7,15H2. The Kier molecular flexibility index (Phi) is 7.46. The topological polar surface area (TPSA) is 74.1 Å². The Balaban J connectivity index is 1.51. The molecule has 5 rings (SSSR count). The summed E-state index contributed by atoms with van der Waals surface area (Å²) in [5.74, 6) is 1.47. The van der Waals surface area contributed by atoms with Crippen LogP contribution >= 0.6 is 15.9 Å². The molecule has 186 valence electrons. The molecule has 2 aromatic carbocycles. The van der Waals surface area contributed by atoms with Crippen molar-refractivity contribution in [1.82, 2.24) is 20.2 Å². The van der Waals surface area contributed by atoms with Gasteiger partial charge in [0, 0.05) is 10.2 Å². The lowest BCUT2D eigenvalue weighted by atomic mass is 9.95. The van der Waals surface area contributed by atoms with E-state index < -0.39 is 12.7 Å². The van der Waals surface area contributed by atoms with Crippen molar-refractivity contribution in [2.24, 2.45) is 5.92 Å². The van der Waals surface area contributed by atoms with Crippen LogP contribution in [-0.4, -0.2) is 33.4 Å². The number of ether oxygens (including phenoxy) is 2. The monoisotopic (exact) mass is 547 g/mol. The summed E-state index contributed by atoms with van der Waals surface area (Å²) in [6.07, 6.45) is 7.76. The van der Waals surface area contributed by atoms with Gasteiger partial charge in [0.15, 0.2) is 17.3 Å². The minimum absolute atomic E-state index is 0.0265. The number of nitrogens with zero attached hydrogens (tertiary/aromatic N) is 4. The molecule has 0 saturated heterocycles. The molecule has 2 aliphatic carbocycles. The minimum atomic E-state index is -2.93. The summed E-state index contributed by atoms with van der Waals surface area (Å²) in [7, 11) is 0. The first-order valence-electron chi connectivity index (χ1n) is 12.1. The van der Waals surface area contributed by atoms with E-state index in [1.54, 1.807) is 12.1 Å². The number of benzene rings is 2. The Morgan fingerprint density at radius 2 is 1.77 bits per heavy atom. The molecule has 35 heavy (non-hydrogen) atoms. The largest absolute Gasteiger partial charge is 0.489 e. The van der Waals surface area contributed by atoms with E-state index >= 15 is 0 Å². The summed E-state index contributed by atoms with van der Waals surface area (Å²) < 4.78 is 39.7. The summed E-state index contributed by atoms with van der Waals surface area (Å²) in [5, 5.41) is 16.3. The Labute approximate surface area is 211 Å². The number of aromatic nitrogens is 4. The van der Waals surface area contributed by atoms with Gasteiger partial charge < -0.3 is 14.8 Å². The first kappa shape index (κ1) is 24.0. The summed E-state index contributed by atoms with van der Waals surface area (Å²) in [6.45, 7) is -2.45. The van der Waals surface area contributed by atoms with Gasteiger partial charge in [-0.1, -0.05) is 41.3 Å². The van der Waals surface area contributed by atoms with Crippen LogP contribution in [0.4, 0.5) is 14.5 Å². The van der Waals surface area contributed by atoms with Gasteiger partial charge in [0.05, 0.1) is 12.6 Å². The second-order valence-corrected chi connectivity index (χ2v) is 10.1. The van der Waals surface area contributed by atoms with Gasteiger partial charge in [0.1, 0.15) is 6.04 Å². The van der Waals surface area contributed by atoms with Crippen LogP contribution in [0.25, 0.3) is 0 Å². The predicted octanol–water partition coefficient (Wildman–Crippen LogP) is 6.53. The molecule has 0 spiro atoms. The number of alkyl halides is 2. The minimum Gasteiger partial charge on any atom is -0.489 e. The number of anilines is 1. The van der Waals surface area contributed by atoms with Gasteiger partial charge in [0.25, 0.3) is 0 Å². The molecule has 2 saturated carbocycles. The summed E-state index contributed by atoms with van der Waals surface area (Å²) >= 11 is 3.47. The van der Waals surface area contributed by atoms with Crippen LogP contribution in [0.1, 0.15) is 68.4 Å². The fourth-order valence-electron chi connectivity index (χ4n) is 4.49. The summed E-state index contributed by atoms with van der Waals surface area (Å²) in [6, 6.07) is 12.7. The lowest BCUT2D eigenvalue weighted by Crippen LogP contribution is -2.23. The van der Waals surface area contributed by atoms with Crippen molar-refractivity contribution in [1.29, 1.82) is 0 Å². The molecule has 7 nitrogen and oxygen atoms in total. The first-order valence-corrected chi connectivity index (χ1v) is 12.9. The normalized spacial score (nSPS) is 17.4. The smallest absolute Gasteiger partial charge is 0.387 e. The molecule has 10 heteroatoms. The highest BCUT2D eigenvalue weighted by atomic mass is 79.9. The molecule has 2 fully saturated rings. The fraction of sp³-hybridized carbons (Fsp3) is 0.480. The molecular formula is C25H28BrF2N5O2. The fourth-order valence-corrected chi connectivity index (χ4v) is 4.75. The molecule has 0 aliphatic heterocycles. The van der Waals surface area contributed by atoms with Gasteiger partial charge >= 0.3 is 6.61 Å². The van der Waals surface area contributed by atoms with Gasteiger partial charge in [-0.3, -0.25) is 0 Å². The maximum Gasteiger partial charge on any atom is 0.387 e. The van der Waals surface area contributed by atoms with E-state index in [9.17, 15) is 8.78 Å². The lowest BCUT2D eigenvalue weighted by molar-refractivity contribution is -0.0515. The maximum absolute atomic E-state index is 13.0. The van der Waals surface area contributed by atoms with Crippen molar-refractivity contribution in [2.75, 3.05) is 11.9 Å². The molecule has 0 amide bonds. The van der Waals surface area contributed by atoms with Crippen LogP contribution in [0.5, 0.6) is 11.5 Å². The maximum atomic E-state index is 13.0. The molecule has 1 unspecified atom stereocenters. The van der Waals surface area contributed by atoms with Crippen molar-refractivity contribution in [3.63, 3.8) is 0 Å². The lowest BCUT2D eigenvalue weighted by Gasteiger charge is -2.26. The van der Waals surface area contributed by atoms with Crippen LogP contribution in [0.15, 0.2) is 46.9 Å². The van der Waals surface area contributed by atoms with E-state index in [2.05, 4.69) is 36.8 Å². The number of halogens is 3. The average Bonchev–Trinajstić information content (AvgIpc) is 3.57. The number of hydrogen-bond acceptors (Lipinski definition) is 6. The van der Waals surface area contributed by atoms with Crippen molar-refractivity contribution >= 4 is 21.6 Å². The number of nitrogens with one attached hydrogen (secondary N) is 1. The summed E-state index contributed by atoms with van der Waals surface area (Å²) in [5.41, 5.74) is 1.68. The van der Waals surface area contributed by atoms with E-state index in [0.29, 0.717) is 24.1 Å². The van der Waals surface area contributed by atoms with Crippen molar-refractivity contribution in [3.8, 4) is 11.5 Å². The zero-order chi connectivity index (χ0) is 24.2. The molecule has 1 heterocycles. The highest BCUT2D eigenvalue weighted by molar-refractivity contribution is 9.10. The van der Waals surface area contributed by atoms with E-state index in [4.69, 9.17) is 9.47 Å². The van der Waals surface area contributed by atoms with Gasteiger partial charge in [-0.2, -0.15) is 8.78 Å². The molecule has 1 atom stereocenters. The number of hydrogen-bond donors (Lipinski definition) is 1. The number of rotatable bonds is 10. The molecular weight excluding hydrogens is 520 g/mol. The SMILES string of the molecule is FC(F)Oc1ccc(C(Nc2ccc(Br)cc2)c2nnnn2C2CCCCC2)cc1OCC1CC1. The van der Waals surface area contributed by atoms with Crippen LogP contribution in [0.2, 0.25) is 0 Å². The molecule has 0 bridgehead atoms. The third-order valence-electron chi connectivity index (χ3n) is 6.54. The second-order valence-electron chi connectivity index (χ2n) is 9.20. The van der Waals surface area contributed by atoms with Crippen molar-refractivity contribution in [3.05, 3.63) is 58.3 Å². The average molecular weight is 548 g/mol. The summed E-state index contributed by atoms with van der Waals surface area (Å²) in [4.78, 5) is 0. The van der Waals surface area contributed by atoms with Gasteiger partial charge in [0.2, 0.25) is 0 Å². The van der Waals surface area contributed by atoms with Crippen LogP contribution in [0, 0.1) is 5.92 Å². The molecule has 3 aromatic rings. The van der Waals surface area contributed by atoms with E-state index in [0.717, 1.165) is 54.2 Å². The zero-order valence-electron chi connectivity index (χ0n) is 19.2. The van der Waals surface area contributed by atoms with Gasteiger partial charge in [-0.25, -0.2) is 4.68 Å². The molecule has 1 aromatic heterocycles. The Hall–Kier alpha value is -2.75. The van der Waals surface area contributed by atoms with E-state index in [-0.39, 0.29) is 11.8 Å². The first-order chi connectivity index (χ1) is 17.1. The quantitative estimate of drug-likeness (QED) is 0.311. The Morgan fingerprint density at radius 3 is 2.49 bits per heavy atom. The third kappa shape index (κ3) is 6.09. The molecule has 2 aliphatic rings. The van der Waals surface area contributed by atoms with Crippen LogP contribution in [-0.2, 0) is 0 Å². The van der Waals surface area contributed by atoms with Gasteiger partial charge in [-0.15, -0.1) is 5.10 Å². The van der Waals surface area contributed by atoms with Crippen LogP contribution in [0.3, 0.4) is 0 Å². The van der Waals surface area contributed by atoms with Crippen molar-refractivity contribution < 1.29 is 18.3 Å². The highest BCUT2D eigenvalue weighted by Gasteiger charge is 2.28. The second kappa shape index (κ2) is 10.9. The third-order valence-corrected chi connectivity index (χ3v) is 7.07. The predicted molar refractivity (Wildman–Crippen MR) is 131 cm³/mol. The van der Waals surface area contributed by atoms with E-state index in [1.807, 2.05) is 28.9 Å². The van der Waals surface area contributed by atoms with Crippen LogP contribution < -0.4 is 14.8 Å².